The van der Waals surface area contributed by atoms with E-state index in [0.717, 1.165) is 17.8 Å². The number of hydrogen-bond donors (Lipinski definition) is 1. The van der Waals surface area contributed by atoms with Crippen LogP contribution in [-0.4, -0.2) is 63.5 Å². The number of likely N-dealkylation sites (tertiary alicyclic amines) is 1. The van der Waals surface area contributed by atoms with Crippen LogP contribution in [0.4, 0.5) is 0 Å². The quantitative estimate of drug-likeness (QED) is 0.508. The number of benzene rings is 1. The van der Waals surface area contributed by atoms with Crippen molar-refractivity contribution >= 4 is 29.1 Å². The summed E-state index contributed by atoms with van der Waals surface area (Å²) in [4.78, 5) is 48.4. The van der Waals surface area contributed by atoms with Crippen LogP contribution in [0.25, 0.3) is 11.4 Å². The molecule has 0 radical (unpaired) electrons. The molecular weight excluding hydrogens is 458 g/mol. The number of carbonyl (C=O) groups is 3. The third-order valence-electron chi connectivity index (χ3n) is 5.32. The van der Waals surface area contributed by atoms with E-state index in [0.29, 0.717) is 59.5 Å². The maximum absolute atomic E-state index is 12.9. The van der Waals surface area contributed by atoms with E-state index in [1.165, 1.54) is 0 Å². The Morgan fingerprint density at radius 3 is 2.82 bits per heavy atom. The van der Waals surface area contributed by atoms with Gasteiger partial charge in [0, 0.05) is 37.2 Å². The summed E-state index contributed by atoms with van der Waals surface area (Å²) in [5.74, 6) is -0.0932. The van der Waals surface area contributed by atoms with E-state index >= 15 is 0 Å². The van der Waals surface area contributed by atoms with Crippen molar-refractivity contribution in [2.24, 2.45) is 0 Å². The highest BCUT2D eigenvalue weighted by Crippen LogP contribution is 2.23. The minimum absolute atomic E-state index is 0.192. The second-order valence-electron chi connectivity index (χ2n) is 8.00. The van der Waals surface area contributed by atoms with Crippen LogP contribution >= 0.6 is 11.3 Å². The molecule has 2 amide bonds. The highest BCUT2D eigenvalue weighted by Gasteiger charge is 2.31. The number of nitrogens with zero attached hydrogens (tertiary/aromatic N) is 4. The predicted molar refractivity (Wildman–Crippen MR) is 124 cm³/mol. The molecule has 34 heavy (non-hydrogen) atoms. The average Bonchev–Trinajstić information content (AvgIpc) is 3.57. The summed E-state index contributed by atoms with van der Waals surface area (Å²) in [6, 6.07) is 6.78. The molecule has 0 bridgehead atoms. The zero-order valence-electron chi connectivity index (χ0n) is 19.2. The van der Waals surface area contributed by atoms with Gasteiger partial charge in [-0.15, -0.1) is 11.3 Å². The molecule has 178 valence electrons. The third kappa shape index (κ3) is 5.14. The lowest BCUT2D eigenvalue weighted by atomic mass is 10.1. The van der Waals surface area contributed by atoms with Crippen LogP contribution < -0.4 is 5.32 Å². The van der Waals surface area contributed by atoms with Gasteiger partial charge in [-0.05, 0) is 31.9 Å². The summed E-state index contributed by atoms with van der Waals surface area (Å²) in [5.41, 5.74) is 1.63. The minimum atomic E-state index is -0.458. The van der Waals surface area contributed by atoms with Crippen molar-refractivity contribution < 1.29 is 23.6 Å². The Hall–Kier alpha value is -3.60. The number of amides is 2. The maximum atomic E-state index is 12.9. The highest BCUT2D eigenvalue weighted by atomic mass is 32.1. The smallest absolute Gasteiger partial charge is 0.350 e. The van der Waals surface area contributed by atoms with Gasteiger partial charge in [0.1, 0.15) is 4.88 Å². The van der Waals surface area contributed by atoms with Crippen molar-refractivity contribution in [3.8, 4) is 11.4 Å². The molecule has 10 nitrogen and oxygen atoms in total. The summed E-state index contributed by atoms with van der Waals surface area (Å²) < 4.78 is 10.2. The lowest BCUT2D eigenvalue weighted by Crippen LogP contribution is -2.38. The molecule has 0 aliphatic carbocycles. The first-order chi connectivity index (χ1) is 16.4. The fourth-order valence-corrected chi connectivity index (χ4v) is 4.55. The van der Waals surface area contributed by atoms with Gasteiger partial charge in [0.25, 0.3) is 11.8 Å². The van der Waals surface area contributed by atoms with E-state index in [4.69, 9.17) is 9.26 Å². The van der Waals surface area contributed by atoms with Gasteiger partial charge in [0.15, 0.2) is 5.01 Å². The Labute approximate surface area is 200 Å². The molecule has 1 atom stereocenters. The van der Waals surface area contributed by atoms with Crippen LogP contribution in [-0.2, 0) is 4.74 Å². The summed E-state index contributed by atoms with van der Waals surface area (Å²) in [5, 5.41) is 7.12. The number of rotatable bonds is 7. The summed E-state index contributed by atoms with van der Waals surface area (Å²) in [7, 11) is 0. The molecule has 0 saturated carbocycles. The van der Waals surface area contributed by atoms with E-state index in [1.807, 2.05) is 6.92 Å². The van der Waals surface area contributed by atoms with E-state index in [-0.39, 0.29) is 22.9 Å². The van der Waals surface area contributed by atoms with Gasteiger partial charge in [-0.2, -0.15) is 4.98 Å². The largest absolute Gasteiger partial charge is 0.461 e. The molecule has 3 aromatic rings. The van der Waals surface area contributed by atoms with Crippen molar-refractivity contribution in [1.82, 2.24) is 25.3 Å². The second kappa shape index (κ2) is 10.1. The van der Waals surface area contributed by atoms with Crippen LogP contribution in [0, 0.1) is 13.8 Å². The van der Waals surface area contributed by atoms with Crippen LogP contribution in [0.3, 0.4) is 0 Å². The Balaban J connectivity index is 1.37. The first-order valence-electron chi connectivity index (χ1n) is 11.0. The Bertz CT molecular complexity index is 1220. The number of thiazole rings is 1. The van der Waals surface area contributed by atoms with Gasteiger partial charge in [0.05, 0.1) is 12.3 Å². The van der Waals surface area contributed by atoms with Crippen molar-refractivity contribution in [2.45, 2.75) is 39.7 Å². The van der Waals surface area contributed by atoms with Crippen molar-refractivity contribution in [3.63, 3.8) is 0 Å². The molecule has 0 unspecified atom stereocenters. The monoisotopic (exact) mass is 483 g/mol. The van der Waals surface area contributed by atoms with E-state index in [2.05, 4.69) is 20.4 Å². The van der Waals surface area contributed by atoms with Gasteiger partial charge >= 0.3 is 5.97 Å². The molecule has 0 spiro atoms. The molecule has 1 aliphatic rings. The topological polar surface area (TPSA) is 128 Å². The SMILES string of the molecule is CCCOC(=O)c1sc(C(=O)N2CC[C@H](NC(=O)c3cccc(-c4noc(C)n4)c3)C2)nc1C. The molecule has 3 heterocycles. The lowest BCUT2D eigenvalue weighted by Gasteiger charge is -2.16. The number of aromatic nitrogens is 3. The van der Waals surface area contributed by atoms with Gasteiger partial charge in [-0.3, -0.25) is 9.59 Å². The molecule has 2 aromatic heterocycles. The zero-order valence-corrected chi connectivity index (χ0v) is 20.0. The Kier molecular flexibility index (Phi) is 7.01. The first kappa shape index (κ1) is 23.6. The number of carbonyl (C=O) groups excluding carboxylic acids is 3. The summed E-state index contributed by atoms with van der Waals surface area (Å²) in [6.07, 6.45) is 1.34. The minimum Gasteiger partial charge on any atom is -0.461 e. The van der Waals surface area contributed by atoms with Gasteiger partial charge in [-0.25, -0.2) is 9.78 Å². The van der Waals surface area contributed by atoms with E-state index < -0.39 is 5.97 Å². The van der Waals surface area contributed by atoms with Crippen LogP contribution in [0.2, 0.25) is 0 Å². The summed E-state index contributed by atoms with van der Waals surface area (Å²) >= 11 is 1.04. The fourth-order valence-electron chi connectivity index (χ4n) is 3.62. The second-order valence-corrected chi connectivity index (χ2v) is 9.00. The lowest BCUT2D eigenvalue weighted by molar-refractivity contribution is 0.0509. The summed E-state index contributed by atoms with van der Waals surface area (Å²) in [6.45, 7) is 6.47. The molecule has 4 rings (SSSR count). The maximum Gasteiger partial charge on any atom is 0.350 e. The third-order valence-corrected chi connectivity index (χ3v) is 6.45. The highest BCUT2D eigenvalue weighted by molar-refractivity contribution is 7.15. The molecule has 1 N–H and O–H groups in total. The molecule has 1 fully saturated rings. The molecule has 1 aromatic carbocycles. The van der Waals surface area contributed by atoms with Crippen molar-refractivity contribution in [1.29, 1.82) is 0 Å². The predicted octanol–water partition coefficient (Wildman–Crippen LogP) is 3.02. The number of ether oxygens (including phenoxy) is 1. The molecule has 11 heteroatoms. The normalized spacial score (nSPS) is 15.4. The zero-order chi connectivity index (χ0) is 24.2. The number of esters is 1. The van der Waals surface area contributed by atoms with Gasteiger partial charge < -0.3 is 19.5 Å². The standard InChI is InChI=1S/C23H25N5O5S/c1-4-10-32-23(31)18-13(2)24-21(34-18)22(30)28-9-8-17(12-28)26-20(29)16-7-5-6-15(11-16)19-25-14(3)33-27-19/h5-7,11,17H,4,8-10,12H2,1-3H3,(H,26,29)/t17-/m0/s1. The van der Waals surface area contributed by atoms with Crippen LogP contribution in [0.1, 0.15) is 61.2 Å². The molecule has 1 saturated heterocycles. The number of aryl methyl sites for hydroxylation is 2. The first-order valence-corrected chi connectivity index (χ1v) is 11.8. The van der Waals surface area contributed by atoms with Crippen molar-refractivity contribution in [3.05, 3.63) is 51.3 Å². The van der Waals surface area contributed by atoms with E-state index in [1.54, 1.807) is 43.0 Å². The Morgan fingerprint density at radius 2 is 2.09 bits per heavy atom. The number of hydrogen-bond acceptors (Lipinski definition) is 9. The van der Waals surface area contributed by atoms with Gasteiger partial charge in [-0.1, -0.05) is 24.2 Å². The molecular formula is C23H25N5O5S. The molecule has 1 aliphatic heterocycles. The number of nitrogens with one attached hydrogen (secondary N) is 1. The fraction of sp³-hybridized carbons (Fsp3) is 0.391. The van der Waals surface area contributed by atoms with Gasteiger partial charge in [0.2, 0.25) is 11.7 Å². The van der Waals surface area contributed by atoms with Crippen LogP contribution in [0.5, 0.6) is 0 Å². The Morgan fingerprint density at radius 1 is 1.26 bits per heavy atom. The van der Waals surface area contributed by atoms with Crippen LogP contribution in [0.15, 0.2) is 28.8 Å². The van der Waals surface area contributed by atoms with E-state index in [9.17, 15) is 14.4 Å². The average molecular weight is 484 g/mol. The van der Waals surface area contributed by atoms with Crippen molar-refractivity contribution in [2.75, 3.05) is 19.7 Å².